The van der Waals surface area contributed by atoms with Crippen molar-refractivity contribution in [1.82, 2.24) is 20.3 Å². The first kappa shape index (κ1) is 17.7. The molecule has 0 spiro atoms. The molecule has 1 atom stereocenters. The molecule has 2 rings (SSSR count). The summed E-state index contributed by atoms with van der Waals surface area (Å²) in [5.41, 5.74) is 1.69. The predicted octanol–water partition coefficient (Wildman–Crippen LogP) is 2.50. The molecule has 1 unspecified atom stereocenters. The summed E-state index contributed by atoms with van der Waals surface area (Å²) in [6.45, 7) is 4.79. The van der Waals surface area contributed by atoms with Crippen LogP contribution in [0, 0.1) is 5.92 Å². The fourth-order valence-electron chi connectivity index (χ4n) is 2.47. The van der Waals surface area contributed by atoms with Gasteiger partial charge in [0.25, 0.3) is 0 Å². The van der Waals surface area contributed by atoms with Crippen LogP contribution in [0.15, 0.2) is 37.1 Å². The van der Waals surface area contributed by atoms with Crippen molar-refractivity contribution in [2.75, 3.05) is 30.9 Å². The van der Waals surface area contributed by atoms with E-state index in [4.69, 9.17) is 0 Å². The lowest BCUT2D eigenvalue weighted by atomic mass is 9.89. The predicted molar refractivity (Wildman–Crippen MR) is 95.2 cm³/mol. The molecular formula is C17H24N6O. The smallest absolute Gasteiger partial charge is 0.319 e. The highest BCUT2D eigenvalue weighted by Gasteiger charge is 2.17. The van der Waals surface area contributed by atoms with Crippen LogP contribution in [0.5, 0.6) is 0 Å². The van der Waals surface area contributed by atoms with Crippen molar-refractivity contribution >= 4 is 17.5 Å². The standard InChI is InChI=1S/C17H24N6O/c1-12(2)14(13-6-5-7-18-8-13)9-20-17(24)22-15-10-19-11-21-16(15)23(3)4/h5-8,10-12,14H,9H2,1-4H3,(H2,20,22,24). The molecule has 0 aromatic carbocycles. The van der Waals surface area contributed by atoms with Crippen molar-refractivity contribution in [1.29, 1.82) is 0 Å². The molecule has 0 radical (unpaired) electrons. The normalized spacial score (nSPS) is 11.9. The Morgan fingerprint density at radius 3 is 2.67 bits per heavy atom. The first-order chi connectivity index (χ1) is 11.5. The maximum Gasteiger partial charge on any atom is 0.319 e. The summed E-state index contributed by atoms with van der Waals surface area (Å²) in [4.78, 5) is 26.4. The number of pyridine rings is 1. The SMILES string of the molecule is CC(C)C(CNC(=O)Nc1cncnc1N(C)C)c1cccnc1. The maximum absolute atomic E-state index is 12.2. The lowest BCUT2D eigenvalue weighted by molar-refractivity contribution is 0.250. The minimum absolute atomic E-state index is 0.199. The minimum Gasteiger partial charge on any atom is -0.361 e. The molecule has 2 heterocycles. The highest BCUT2D eigenvalue weighted by atomic mass is 16.2. The molecule has 0 bridgehead atoms. The van der Waals surface area contributed by atoms with Gasteiger partial charge in [-0.05, 0) is 17.5 Å². The van der Waals surface area contributed by atoms with Gasteiger partial charge < -0.3 is 15.5 Å². The van der Waals surface area contributed by atoms with Gasteiger partial charge in [0.1, 0.15) is 12.0 Å². The van der Waals surface area contributed by atoms with Crippen molar-refractivity contribution in [3.8, 4) is 0 Å². The number of carbonyl (C=O) groups is 1. The van der Waals surface area contributed by atoms with Crippen molar-refractivity contribution < 1.29 is 4.79 Å². The van der Waals surface area contributed by atoms with Crippen LogP contribution in [-0.2, 0) is 0 Å². The fourth-order valence-corrected chi connectivity index (χ4v) is 2.47. The van der Waals surface area contributed by atoms with Gasteiger partial charge in [0, 0.05) is 39.0 Å². The van der Waals surface area contributed by atoms with E-state index in [1.807, 2.05) is 37.3 Å². The van der Waals surface area contributed by atoms with Gasteiger partial charge in [-0.25, -0.2) is 14.8 Å². The van der Waals surface area contributed by atoms with Crippen LogP contribution < -0.4 is 15.5 Å². The summed E-state index contributed by atoms with van der Waals surface area (Å²) in [6, 6.07) is 3.67. The second-order valence-electron chi connectivity index (χ2n) is 6.13. The maximum atomic E-state index is 12.2. The van der Waals surface area contributed by atoms with Crippen LogP contribution >= 0.6 is 0 Å². The van der Waals surface area contributed by atoms with E-state index in [0.29, 0.717) is 24.0 Å². The molecule has 2 aromatic heterocycles. The van der Waals surface area contributed by atoms with Gasteiger partial charge in [-0.3, -0.25) is 4.98 Å². The summed E-state index contributed by atoms with van der Waals surface area (Å²) in [6.07, 6.45) is 6.64. The molecule has 2 N–H and O–H groups in total. The Balaban J connectivity index is 2.00. The molecule has 2 aromatic rings. The van der Waals surface area contributed by atoms with Crippen LogP contribution in [0.4, 0.5) is 16.3 Å². The number of nitrogens with zero attached hydrogens (tertiary/aromatic N) is 4. The van der Waals surface area contributed by atoms with Crippen molar-refractivity contribution in [3.63, 3.8) is 0 Å². The molecule has 7 nitrogen and oxygen atoms in total. The summed E-state index contributed by atoms with van der Waals surface area (Å²) in [7, 11) is 3.73. The van der Waals surface area contributed by atoms with Gasteiger partial charge in [0.2, 0.25) is 0 Å². The van der Waals surface area contributed by atoms with Crippen LogP contribution in [-0.4, -0.2) is 41.6 Å². The van der Waals surface area contributed by atoms with E-state index in [2.05, 4.69) is 39.4 Å². The first-order valence-electron chi connectivity index (χ1n) is 7.91. The largest absolute Gasteiger partial charge is 0.361 e. The van der Waals surface area contributed by atoms with E-state index in [9.17, 15) is 4.79 Å². The summed E-state index contributed by atoms with van der Waals surface area (Å²) < 4.78 is 0. The molecule has 0 aliphatic heterocycles. The number of anilines is 2. The van der Waals surface area contributed by atoms with Gasteiger partial charge in [0.15, 0.2) is 5.82 Å². The molecule has 24 heavy (non-hydrogen) atoms. The zero-order valence-corrected chi connectivity index (χ0v) is 14.5. The molecule has 7 heteroatoms. The third-order valence-corrected chi connectivity index (χ3v) is 3.76. The Morgan fingerprint density at radius 1 is 1.25 bits per heavy atom. The average molecular weight is 328 g/mol. The van der Waals surface area contributed by atoms with E-state index in [1.54, 1.807) is 12.4 Å². The molecule has 128 valence electrons. The van der Waals surface area contributed by atoms with Crippen LogP contribution in [0.1, 0.15) is 25.3 Å². The molecule has 0 saturated heterocycles. The fraction of sp³-hybridized carbons (Fsp3) is 0.412. The number of nitrogens with one attached hydrogen (secondary N) is 2. The second-order valence-corrected chi connectivity index (χ2v) is 6.13. The Hall–Kier alpha value is -2.70. The van der Waals surface area contributed by atoms with Crippen LogP contribution in [0.2, 0.25) is 0 Å². The van der Waals surface area contributed by atoms with Gasteiger partial charge >= 0.3 is 6.03 Å². The number of urea groups is 1. The number of carbonyl (C=O) groups excluding carboxylic acids is 1. The van der Waals surface area contributed by atoms with Crippen molar-refractivity contribution in [3.05, 3.63) is 42.6 Å². The Morgan fingerprint density at radius 2 is 2.04 bits per heavy atom. The number of aromatic nitrogens is 3. The lowest BCUT2D eigenvalue weighted by Gasteiger charge is -2.22. The quantitative estimate of drug-likeness (QED) is 0.851. The second kappa shape index (κ2) is 8.24. The zero-order valence-electron chi connectivity index (χ0n) is 14.5. The van der Waals surface area contributed by atoms with E-state index in [0.717, 1.165) is 5.56 Å². The Kier molecular flexibility index (Phi) is 6.06. The summed E-state index contributed by atoms with van der Waals surface area (Å²) >= 11 is 0. The van der Waals surface area contributed by atoms with Gasteiger partial charge in [-0.2, -0.15) is 0 Å². The van der Waals surface area contributed by atoms with E-state index in [1.165, 1.54) is 6.33 Å². The minimum atomic E-state index is -0.276. The third-order valence-electron chi connectivity index (χ3n) is 3.76. The molecule has 0 aliphatic rings. The van der Waals surface area contributed by atoms with Gasteiger partial charge in [0.05, 0.1) is 6.20 Å². The zero-order chi connectivity index (χ0) is 17.5. The summed E-state index contributed by atoms with van der Waals surface area (Å²) in [5.74, 6) is 1.24. The van der Waals surface area contributed by atoms with Crippen LogP contribution in [0.3, 0.4) is 0 Å². The monoisotopic (exact) mass is 328 g/mol. The third kappa shape index (κ3) is 4.65. The van der Waals surface area contributed by atoms with Crippen LogP contribution in [0.25, 0.3) is 0 Å². The molecule has 2 amide bonds. The molecular weight excluding hydrogens is 304 g/mol. The molecule has 0 fully saturated rings. The number of hydrogen-bond acceptors (Lipinski definition) is 5. The van der Waals surface area contributed by atoms with Crippen molar-refractivity contribution in [2.24, 2.45) is 5.92 Å². The molecule has 0 aliphatic carbocycles. The van der Waals surface area contributed by atoms with E-state index < -0.39 is 0 Å². The van der Waals surface area contributed by atoms with Gasteiger partial charge in [-0.1, -0.05) is 19.9 Å². The topological polar surface area (TPSA) is 83.0 Å². The van der Waals surface area contributed by atoms with E-state index in [-0.39, 0.29) is 11.9 Å². The van der Waals surface area contributed by atoms with Crippen molar-refractivity contribution in [2.45, 2.75) is 19.8 Å². The van der Waals surface area contributed by atoms with Gasteiger partial charge in [-0.15, -0.1) is 0 Å². The number of rotatable bonds is 6. The van der Waals surface area contributed by atoms with E-state index >= 15 is 0 Å². The Bertz CT molecular complexity index is 659. The average Bonchev–Trinajstić information content (AvgIpc) is 2.56. The summed E-state index contributed by atoms with van der Waals surface area (Å²) in [5, 5.41) is 5.73. The Labute approximate surface area is 142 Å². The number of amides is 2. The highest BCUT2D eigenvalue weighted by Crippen LogP contribution is 2.23. The highest BCUT2D eigenvalue weighted by molar-refractivity contribution is 5.92. The number of hydrogen-bond donors (Lipinski definition) is 2. The lowest BCUT2D eigenvalue weighted by Crippen LogP contribution is -2.34. The first-order valence-corrected chi connectivity index (χ1v) is 7.91. The molecule has 0 saturated carbocycles.